The van der Waals surface area contributed by atoms with Crippen molar-refractivity contribution in [1.29, 1.82) is 0 Å². The molecule has 0 bridgehead atoms. The molecule has 0 saturated carbocycles. The van der Waals surface area contributed by atoms with Crippen molar-refractivity contribution in [3.05, 3.63) is 59.2 Å². The van der Waals surface area contributed by atoms with Crippen LogP contribution in [-0.4, -0.2) is 42.8 Å². The topological polar surface area (TPSA) is 65.1 Å². The van der Waals surface area contributed by atoms with Gasteiger partial charge in [0.1, 0.15) is 18.1 Å². The second kappa shape index (κ2) is 8.12. The van der Waals surface area contributed by atoms with Gasteiger partial charge < -0.3 is 14.2 Å². The van der Waals surface area contributed by atoms with Gasteiger partial charge in [-0.3, -0.25) is 14.5 Å². The molecule has 0 N–H and O–H groups in total. The Morgan fingerprint density at radius 2 is 1.59 bits per heavy atom. The first kappa shape index (κ1) is 20.7. The predicted molar refractivity (Wildman–Crippen MR) is 95.7 cm³/mol. The molecule has 6 nitrogen and oxygen atoms in total. The molecule has 1 aliphatic heterocycles. The van der Waals surface area contributed by atoms with Crippen LogP contribution in [0.5, 0.6) is 11.5 Å². The molecule has 1 aliphatic rings. The predicted octanol–water partition coefficient (Wildman–Crippen LogP) is 3.80. The van der Waals surface area contributed by atoms with Gasteiger partial charge in [0.15, 0.2) is 0 Å². The number of imide groups is 1. The van der Waals surface area contributed by atoms with Crippen LogP contribution < -0.4 is 9.47 Å². The Kier molecular flexibility index (Phi) is 5.78. The first-order valence-corrected chi connectivity index (χ1v) is 8.68. The highest BCUT2D eigenvalue weighted by atomic mass is 19.4. The van der Waals surface area contributed by atoms with E-state index in [9.17, 15) is 22.8 Å². The second-order valence-electron chi connectivity index (χ2n) is 6.47. The van der Waals surface area contributed by atoms with E-state index in [1.165, 1.54) is 43.5 Å². The Morgan fingerprint density at radius 1 is 0.966 bits per heavy atom. The number of rotatable bonds is 7. The molecule has 2 amide bonds. The molecule has 154 valence electrons. The van der Waals surface area contributed by atoms with Crippen molar-refractivity contribution in [2.75, 3.05) is 13.7 Å². The Hall–Kier alpha value is -3.07. The van der Waals surface area contributed by atoms with Crippen LogP contribution in [-0.2, 0) is 11.3 Å². The summed E-state index contributed by atoms with van der Waals surface area (Å²) in [6, 6.07) is 9.41. The molecular weight excluding hydrogens is 391 g/mol. The van der Waals surface area contributed by atoms with E-state index in [2.05, 4.69) is 4.74 Å². The summed E-state index contributed by atoms with van der Waals surface area (Å²) in [7, 11) is 1.49. The zero-order valence-electron chi connectivity index (χ0n) is 15.7. The number of alkyl halides is 3. The molecular formula is C20H18F3NO5. The Morgan fingerprint density at radius 3 is 2.21 bits per heavy atom. The fraction of sp³-hybridized carbons (Fsp3) is 0.300. The highest BCUT2D eigenvalue weighted by Gasteiger charge is 2.38. The van der Waals surface area contributed by atoms with Crippen molar-refractivity contribution >= 4 is 11.8 Å². The standard InChI is InChI=1S/C20H18F3NO5/c1-12(10-27-2)24-18(25)16-8-7-15(9-17(16)19(24)26)28-11-13-3-5-14(6-4-13)29-20(21,22)23/h3-9,12H,10-11H2,1-2H3/t12-/m0/s1. The Labute approximate surface area is 164 Å². The third kappa shape index (κ3) is 4.68. The molecule has 29 heavy (non-hydrogen) atoms. The molecule has 9 heteroatoms. The summed E-state index contributed by atoms with van der Waals surface area (Å²) in [4.78, 5) is 26.2. The van der Waals surface area contributed by atoms with Crippen LogP contribution in [0.15, 0.2) is 42.5 Å². The maximum atomic E-state index is 12.6. The van der Waals surface area contributed by atoms with E-state index in [0.29, 0.717) is 16.9 Å². The quantitative estimate of drug-likeness (QED) is 0.651. The Bertz CT molecular complexity index is 911. The lowest BCUT2D eigenvalue weighted by atomic mass is 10.1. The summed E-state index contributed by atoms with van der Waals surface area (Å²) >= 11 is 0. The number of carbonyl (C=O) groups excluding carboxylic acids is 2. The van der Waals surface area contributed by atoms with E-state index in [1.807, 2.05) is 0 Å². The number of methoxy groups -OCH3 is 1. The van der Waals surface area contributed by atoms with E-state index in [4.69, 9.17) is 9.47 Å². The molecule has 0 spiro atoms. The zero-order valence-corrected chi connectivity index (χ0v) is 15.7. The van der Waals surface area contributed by atoms with Crippen LogP contribution in [0.1, 0.15) is 33.2 Å². The fourth-order valence-corrected chi connectivity index (χ4v) is 3.00. The molecule has 0 aliphatic carbocycles. The monoisotopic (exact) mass is 409 g/mol. The average Bonchev–Trinajstić information content (AvgIpc) is 2.90. The number of hydrogen-bond acceptors (Lipinski definition) is 5. The van der Waals surface area contributed by atoms with Gasteiger partial charge >= 0.3 is 6.36 Å². The van der Waals surface area contributed by atoms with Gasteiger partial charge in [-0.25, -0.2) is 0 Å². The lowest BCUT2D eigenvalue weighted by Crippen LogP contribution is -2.40. The van der Waals surface area contributed by atoms with E-state index < -0.39 is 18.3 Å². The van der Waals surface area contributed by atoms with Crippen molar-refractivity contribution in [2.24, 2.45) is 0 Å². The van der Waals surface area contributed by atoms with Crippen molar-refractivity contribution in [3.63, 3.8) is 0 Å². The number of halogens is 3. The summed E-state index contributed by atoms with van der Waals surface area (Å²) in [5.41, 5.74) is 1.14. The van der Waals surface area contributed by atoms with Gasteiger partial charge in [0, 0.05) is 7.11 Å². The molecule has 2 aromatic rings. The van der Waals surface area contributed by atoms with Crippen LogP contribution in [0.4, 0.5) is 13.2 Å². The fourth-order valence-electron chi connectivity index (χ4n) is 3.00. The van der Waals surface area contributed by atoms with Gasteiger partial charge in [0.05, 0.1) is 23.8 Å². The summed E-state index contributed by atoms with van der Waals surface area (Å²) < 4.78 is 51.0. The van der Waals surface area contributed by atoms with Crippen molar-refractivity contribution < 1.29 is 37.0 Å². The summed E-state index contributed by atoms with van der Waals surface area (Å²) in [6.45, 7) is 2.01. The lowest BCUT2D eigenvalue weighted by Gasteiger charge is -2.21. The second-order valence-corrected chi connectivity index (χ2v) is 6.47. The molecule has 2 aromatic carbocycles. The molecule has 1 atom stereocenters. The van der Waals surface area contributed by atoms with Crippen LogP contribution in [0, 0.1) is 0 Å². The van der Waals surface area contributed by atoms with Crippen LogP contribution in [0.3, 0.4) is 0 Å². The van der Waals surface area contributed by atoms with Crippen molar-refractivity contribution in [3.8, 4) is 11.5 Å². The minimum Gasteiger partial charge on any atom is -0.489 e. The van der Waals surface area contributed by atoms with Crippen LogP contribution in [0.25, 0.3) is 0 Å². The molecule has 0 aromatic heterocycles. The molecule has 0 unspecified atom stereocenters. The normalized spacial score (nSPS) is 14.7. The van der Waals surface area contributed by atoms with Gasteiger partial charge in [-0.05, 0) is 42.8 Å². The number of fused-ring (bicyclic) bond motifs is 1. The largest absolute Gasteiger partial charge is 0.573 e. The van der Waals surface area contributed by atoms with E-state index in [0.717, 1.165) is 4.90 Å². The molecule has 0 saturated heterocycles. The highest BCUT2D eigenvalue weighted by molar-refractivity contribution is 6.21. The molecule has 0 radical (unpaired) electrons. The smallest absolute Gasteiger partial charge is 0.489 e. The van der Waals surface area contributed by atoms with E-state index >= 15 is 0 Å². The SMILES string of the molecule is COC[C@H](C)N1C(=O)c2ccc(OCc3ccc(OC(F)(F)F)cc3)cc2C1=O. The minimum atomic E-state index is -4.75. The highest BCUT2D eigenvalue weighted by Crippen LogP contribution is 2.29. The molecule has 3 rings (SSSR count). The third-order valence-electron chi connectivity index (χ3n) is 4.30. The van der Waals surface area contributed by atoms with E-state index in [-0.39, 0.29) is 30.4 Å². The molecule has 1 heterocycles. The number of nitrogens with zero attached hydrogens (tertiary/aromatic N) is 1. The van der Waals surface area contributed by atoms with Gasteiger partial charge in [-0.2, -0.15) is 0 Å². The first-order chi connectivity index (χ1) is 13.7. The van der Waals surface area contributed by atoms with Crippen LogP contribution in [0.2, 0.25) is 0 Å². The third-order valence-corrected chi connectivity index (χ3v) is 4.30. The number of amides is 2. The van der Waals surface area contributed by atoms with Gasteiger partial charge in [0.25, 0.3) is 11.8 Å². The maximum Gasteiger partial charge on any atom is 0.573 e. The van der Waals surface area contributed by atoms with Crippen molar-refractivity contribution in [1.82, 2.24) is 4.90 Å². The van der Waals surface area contributed by atoms with Crippen LogP contribution >= 0.6 is 0 Å². The van der Waals surface area contributed by atoms with Gasteiger partial charge in [-0.15, -0.1) is 13.2 Å². The number of ether oxygens (including phenoxy) is 3. The Balaban J connectivity index is 1.68. The van der Waals surface area contributed by atoms with E-state index in [1.54, 1.807) is 13.0 Å². The summed E-state index contributed by atoms with van der Waals surface area (Å²) in [5, 5.41) is 0. The minimum absolute atomic E-state index is 0.0665. The molecule has 0 fully saturated rings. The van der Waals surface area contributed by atoms with Gasteiger partial charge in [-0.1, -0.05) is 12.1 Å². The zero-order chi connectivity index (χ0) is 21.2. The summed E-state index contributed by atoms with van der Waals surface area (Å²) in [5.74, 6) is -0.773. The summed E-state index contributed by atoms with van der Waals surface area (Å²) in [6.07, 6.45) is -4.75. The maximum absolute atomic E-state index is 12.6. The number of carbonyl (C=O) groups is 2. The lowest BCUT2D eigenvalue weighted by molar-refractivity contribution is -0.274. The number of hydrogen-bond donors (Lipinski definition) is 0. The first-order valence-electron chi connectivity index (χ1n) is 8.68. The average molecular weight is 409 g/mol. The van der Waals surface area contributed by atoms with Crippen molar-refractivity contribution in [2.45, 2.75) is 25.9 Å². The number of benzene rings is 2. The van der Waals surface area contributed by atoms with Gasteiger partial charge in [0.2, 0.25) is 0 Å².